The van der Waals surface area contributed by atoms with E-state index in [1.54, 1.807) is 18.2 Å². The highest BCUT2D eigenvalue weighted by molar-refractivity contribution is 6.20. The lowest BCUT2D eigenvalue weighted by atomic mass is 10.0. The highest BCUT2D eigenvalue weighted by Crippen LogP contribution is 2.48. The normalized spacial score (nSPS) is 12.6. The molecule has 0 unspecified atom stereocenters. The topological polar surface area (TPSA) is 79.0 Å². The minimum Gasteiger partial charge on any atom is -0.507 e. The molecule has 1 aliphatic rings. The van der Waals surface area contributed by atoms with Crippen LogP contribution in [-0.2, 0) is 0 Å². The van der Waals surface area contributed by atoms with E-state index in [-0.39, 0.29) is 17.2 Å². The van der Waals surface area contributed by atoms with E-state index in [0.29, 0.717) is 5.69 Å². The fraction of sp³-hybridized carbons (Fsp3) is 0. The van der Waals surface area contributed by atoms with E-state index in [9.17, 15) is 9.90 Å². The number of allylic oxidation sites excluding steroid dienone is 6. The number of carbonyl (C=O) groups excluding carboxylic acids is 1. The molecule has 0 radical (unpaired) electrons. The van der Waals surface area contributed by atoms with E-state index < -0.39 is 0 Å². The maximum absolute atomic E-state index is 13.1. The van der Waals surface area contributed by atoms with Crippen LogP contribution in [0.4, 0.5) is 17.1 Å². The molecule has 5 aromatic carbocycles. The Morgan fingerprint density at radius 3 is 2.35 bits per heavy atom. The maximum atomic E-state index is 13.1. The zero-order valence-corrected chi connectivity index (χ0v) is 23.1. The lowest BCUT2D eigenvalue weighted by Crippen LogP contribution is -2.12. The summed E-state index contributed by atoms with van der Waals surface area (Å²) in [7, 11) is 0. The second-order valence-corrected chi connectivity index (χ2v) is 10.2. The summed E-state index contributed by atoms with van der Waals surface area (Å²) in [6, 6.07) is 29.0. The highest BCUT2D eigenvalue weighted by atomic mass is 16.3. The van der Waals surface area contributed by atoms with E-state index >= 15 is 0 Å². The van der Waals surface area contributed by atoms with E-state index in [4.69, 9.17) is 0 Å². The Hall–Kier alpha value is -6.01. The molecule has 206 valence electrons. The first-order chi connectivity index (χ1) is 21.1. The number of fused-ring (bicyclic) bond motifs is 6. The Labute approximate surface area is 247 Å². The summed E-state index contributed by atoms with van der Waals surface area (Å²) >= 11 is 0. The SMILES string of the molecule is C=CC=CC=CC=Cc1ccc(-n2c3ccccc3c3ccc4cc(C(=O)Nc5ccccc5)c(O)cc4c32)c2c1N=N2. The van der Waals surface area contributed by atoms with Crippen LogP contribution >= 0.6 is 0 Å². The number of azo groups is 1. The van der Waals surface area contributed by atoms with Gasteiger partial charge in [0.1, 0.15) is 17.1 Å². The predicted octanol–water partition coefficient (Wildman–Crippen LogP) is 9.94. The van der Waals surface area contributed by atoms with Crippen LogP contribution in [0.1, 0.15) is 15.9 Å². The Morgan fingerprint density at radius 2 is 1.53 bits per heavy atom. The molecule has 2 N–H and O–H groups in total. The minimum absolute atomic E-state index is 0.0885. The Morgan fingerprint density at radius 1 is 0.767 bits per heavy atom. The number of aromatic nitrogens is 1. The fourth-order valence-corrected chi connectivity index (χ4v) is 5.56. The lowest BCUT2D eigenvalue weighted by molar-refractivity contribution is 0.102. The molecule has 0 fully saturated rings. The molecule has 6 heteroatoms. The summed E-state index contributed by atoms with van der Waals surface area (Å²) in [5, 5.41) is 26.6. The molecule has 0 saturated heterocycles. The second-order valence-electron chi connectivity index (χ2n) is 10.2. The maximum Gasteiger partial charge on any atom is 0.259 e. The van der Waals surface area contributed by atoms with Gasteiger partial charge < -0.3 is 15.0 Å². The number of para-hydroxylation sites is 2. The van der Waals surface area contributed by atoms with Gasteiger partial charge in [0.15, 0.2) is 0 Å². The first-order valence-electron chi connectivity index (χ1n) is 13.9. The van der Waals surface area contributed by atoms with Crippen molar-refractivity contribution in [2.75, 3.05) is 5.32 Å². The van der Waals surface area contributed by atoms with Gasteiger partial charge in [-0.1, -0.05) is 104 Å². The Bertz CT molecular complexity index is 2200. The quantitative estimate of drug-likeness (QED) is 0.191. The molecule has 1 amide bonds. The number of nitrogens with zero attached hydrogens (tertiary/aromatic N) is 3. The van der Waals surface area contributed by atoms with Gasteiger partial charge in [-0.05, 0) is 41.8 Å². The van der Waals surface area contributed by atoms with Gasteiger partial charge in [-0.2, -0.15) is 0 Å². The van der Waals surface area contributed by atoms with Crippen LogP contribution in [-0.4, -0.2) is 15.6 Å². The molecule has 7 rings (SSSR count). The van der Waals surface area contributed by atoms with Crippen molar-refractivity contribution in [3.05, 3.63) is 145 Å². The summed E-state index contributed by atoms with van der Waals surface area (Å²) < 4.78 is 2.18. The van der Waals surface area contributed by atoms with E-state index in [1.165, 1.54) is 0 Å². The van der Waals surface area contributed by atoms with E-state index in [0.717, 1.165) is 55.2 Å². The zero-order valence-electron chi connectivity index (χ0n) is 23.1. The van der Waals surface area contributed by atoms with Crippen LogP contribution in [0.2, 0.25) is 0 Å². The van der Waals surface area contributed by atoms with Gasteiger partial charge >= 0.3 is 0 Å². The number of hydrogen-bond acceptors (Lipinski definition) is 4. The highest BCUT2D eigenvalue weighted by Gasteiger charge is 2.24. The molecule has 0 bridgehead atoms. The molecule has 1 aromatic heterocycles. The van der Waals surface area contributed by atoms with Crippen LogP contribution in [0.3, 0.4) is 0 Å². The summed E-state index contributed by atoms with van der Waals surface area (Å²) in [6.07, 6.45) is 13.4. The van der Waals surface area contributed by atoms with Crippen molar-refractivity contribution in [1.29, 1.82) is 0 Å². The molecule has 0 atom stereocenters. The molecule has 0 saturated carbocycles. The van der Waals surface area contributed by atoms with Crippen LogP contribution in [0.15, 0.2) is 144 Å². The molecule has 0 spiro atoms. The van der Waals surface area contributed by atoms with Gasteiger partial charge in [0.25, 0.3) is 5.91 Å². The number of phenols is 1. The number of phenolic OH excluding ortho intramolecular Hbond substituents is 1. The van der Waals surface area contributed by atoms with Crippen molar-refractivity contribution in [1.82, 2.24) is 4.57 Å². The molecular weight excluding hydrogens is 532 g/mol. The summed E-state index contributed by atoms with van der Waals surface area (Å²) in [5.74, 6) is -0.461. The third-order valence-corrected chi connectivity index (χ3v) is 7.55. The largest absolute Gasteiger partial charge is 0.507 e. The van der Waals surface area contributed by atoms with Gasteiger partial charge in [-0.25, -0.2) is 0 Å². The van der Waals surface area contributed by atoms with Gasteiger partial charge in [0, 0.05) is 27.4 Å². The molecule has 0 aliphatic carbocycles. The van der Waals surface area contributed by atoms with Crippen LogP contribution < -0.4 is 5.32 Å². The van der Waals surface area contributed by atoms with Gasteiger partial charge in [-0.3, -0.25) is 4.79 Å². The summed E-state index contributed by atoms with van der Waals surface area (Å²) in [6.45, 7) is 3.68. The predicted molar refractivity (Wildman–Crippen MR) is 176 cm³/mol. The average molecular weight is 559 g/mol. The van der Waals surface area contributed by atoms with E-state index in [1.807, 2.05) is 91.1 Å². The standard InChI is InChI=1S/C37H26N4O2/c1-2-3-4-5-6-8-13-24-19-21-32(35-34(24)39-40-35)41-31-17-12-11-16-27(31)28-20-18-25-22-30(33(42)23-29(25)36(28)41)37(43)38-26-14-9-7-10-15-26/h2-23,42H,1H2,(H,38,43). The number of anilines is 1. The zero-order chi connectivity index (χ0) is 29.3. The number of hydrogen-bond donors (Lipinski definition) is 2. The molecule has 2 heterocycles. The van der Waals surface area contributed by atoms with Crippen molar-refractivity contribution in [2.24, 2.45) is 10.2 Å². The van der Waals surface area contributed by atoms with Gasteiger partial charge in [0.05, 0.1) is 22.3 Å². The average Bonchev–Trinajstić information content (AvgIpc) is 3.34. The van der Waals surface area contributed by atoms with Gasteiger partial charge in [0.2, 0.25) is 0 Å². The van der Waals surface area contributed by atoms with E-state index in [2.05, 4.69) is 51.0 Å². The molecule has 6 aromatic rings. The first-order valence-corrected chi connectivity index (χ1v) is 13.9. The monoisotopic (exact) mass is 558 g/mol. The van der Waals surface area contributed by atoms with Crippen molar-refractivity contribution < 1.29 is 9.90 Å². The Balaban J connectivity index is 1.38. The van der Waals surface area contributed by atoms with Crippen molar-refractivity contribution >= 4 is 61.6 Å². The van der Waals surface area contributed by atoms with Crippen LogP contribution in [0, 0.1) is 0 Å². The van der Waals surface area contributed by atoms with Gasteiger partial charge in [-0.15, -0.1) is 10.2 Å². The second kappa shape index (κ2) is 10.8. The number of amides is 1. The third kappa shape index (κ3) is 4.51. The number of aromatic hydroxyl groups is 1. The fourth-order valence-electron chi connectivity index (χ4n) is 5.56. The van der Waals surface area contributed by atoms with Crippen LogP contribution in [0.5, 0.6) is 5.75 Å². The van der Waals surface area contributed by atoms with Crippen LogP contribution in [0.25, 0.3) is 44.3 Å². The molecule has 1 aliphatic heterocycles. The minimum atomic E-state index is -0.372. The smallest absolute Gasteiger partial charge is 0.259 e. The summed E-state index contributed by atoms with van der Waals surface area (Å²) in [5.41, 5.74) is 6.32. The number of nitrogens with one attached hydrogen (secondary N) is 1. The van der Waals surface area contributed by atoms with Crippen molar-refractivity contribution in [2.45, 2.75) is 0 Å². The lowest BCUT2D eigenvalue weighted by Gasteiger charge is -2.18. The Kier molecular flexibility index (Phi) is 6.49. The van der Waals surface area contributed by atoms with Crippen molar-refractivity contribution in [3.8, 4) is 11.4 Å². The molecular formula is C37H26N4O2. The molecule has 6 nitrogen and oxygen atoms in total. The first kappa shape index (κ1) is 25.9. The number of rotatable bonds is 7. The number of benzene rings is 5. The van der Waals surface area contributed by atoms with Crippen molar-refractivity contribution in [3.63, 3.8) is 0 Å². The third-order valence-electron chi connectivity index (χ3n) is 7.55. The number of carbonyl (C=O) groups is 1. The molecule has 43 heavy (non-hydrogen) atoms. The summed E-state index contributed by atoms with van der Waals surface area (Å²) in [4.78, 5) is 13.1.